The van der Waals surface area contributed by atoms with Crippen LogP contribution in [0.4, 0.5) is 18.9 Å². The van der Waals surface area contributed by atoms with Gasteiger partial charge in [-0.25, -0.2) is 13.1 Å². The third kappa shape index (κ3) is 7.03. The molecule has 1 aromatic carbocycles. The molecule has 5 nitrogen and oxygen atoms in total. The first-order valence-corrected chi connectivity index (χ1v) is 9.27. The lowest BCUT2D eigenvalue weighted by Gasteiger charge is -2.19. The number of anilines is 1. The highest BCUT2D eigenvalue weighted by molar-refractivity contribution is 7.90. The number of hydrogen-bond donors (Lipinski definition) is 2. The maximum absolute atomic E-state index is 12.6. The van der Waals surface area contributed by atoms with Gasteiger partial charge in [-0.2, -0.15) is 13.2 Å². The van der Waals surface area contributed by atoms with Crippen molar-refractivity contribution in [1.82, 2.24) is 4.72 Å². The Balaban J connectivity index is 2.40. The zero-order valence-corrected chi connectivity index (χ0v) is 15.2. The highest BCUT2D eigenvalue weighted by atomic mass is 32.2. The van der Waals surface area contributed by atoms with Gasteiger partial charge in [-0.15, -0.1) is 0 Å². The minimum atomic E-state index is -4.47. The number of unbranched alkanes of at least 4 members (excludes halogenated alkanes) is 1. The molecule has 0 unspecified atom stereocenters. The second-order valence-electron chi connectivity index (χ2n) is 6.59. The highest BCUT2D eigenvalue weighted by Gasteiger charge is 2.30. The lowest BCUT2D eigenvalue weighted by atomic mass is 10.2. The molecule has 1 rings (SSSR count). The van der Waals surface area contributed by atoms with E-state index in [0.717, 1.165) is 12.1 Å². The largest absolute Gasteiger partial charge is 0.416 e. The number of benzene rings is 1. The van der Waals surface area contributed by atoms with Gasteiger partial charge in [0, 0.05) is 18.7 Å². The van der Waals surface area contributed by atoms with Crippen LogP contribution in [0.3, 0.4) is 0 Å². The quantitative estimate of drug-likeness (QED) is 0.711. The summed E-state index contributed by atoms with van der Waals surface area (Å²) in [6, 6.07) is 4.40. The summed E-state index contributed by atoms with van der Waals surface area (Å²) in [5, 5.41) is 2.41. The summed E-state index contributed by atoms with van der Waals surface area (Å²) in [7, 11) is -3.42. The molecule has 2 N–H and O–H groups in total. The topological polar surface area (TPSA) is 75.3 Å². The maximum Gasteiger partial charge on any atom is 0.416 e. The standard InChI is InChI=1S/C16H23F3N2O3S/c1-15(2,3)25(23,24)20-10-5-4-9-14(22)21-13-8-6-7-12(11-13)16(17,18)19/h6-8,11,20H,4-5,9-10H2,1-3H3,(H,21,22). The van der Waals surface area contributed by atoms with Gasteiger partial charge >= 0.3 is 6.18 Å². The summed E-state index contributed by atoms with van der Waals surface area (Å²) in [6.45, 7) is 4.95. The zero-order valence-electron chi connectivity index (χ0n) is 14.4. The van der Waals surface area contributed by atoms with E-state index in [9.17, 15) is 26.4 Å². The molecule has 1 aromatic rings. The molecular weight excluding hydrogens is 357 g/mol. The smallest absolute Gasteiger partial charge is 0.326 e. The van der Waals surface area contributed by atoms with E-state index < -0.39 is 32.4 Å². The fraction of sp³-hybridized carbons (Fsp3) is 0.562. The van der Waals surface area contributed by atoms with E-state index in [1.165, 1.54) is 12.1 Å². The second kappa shape index (κ2) is 8.18. The van der Waals surface area contributed by atoms with E-state index >= 15 is 0 Å². The van der Waals surface area contributed by atoms with Crippen molar-refractivity contribution in [2.24, 2.45) is 0 Å². The van der Waals surface area contributed by atoms with Gasteiger partial charge in [0.25, 0.3) is 0 Å². The zero-order chi connectivity index (χ0) is 19.3. The summed E-state index contributed by atoms with van der Waals surface area (Å²) in [4.78, 5) is 11.8. The predicted molar refractivity (Wildman–Crippen MR) is 90.6 cm³/mol. The first-order valence-electron chi connectivity index (χ1n) is 7.79. The monoisotopic (exact) mass is 380 g/mol. The van der Waals surface area contributed by atoms with Gasteiger partial charge in [0.2, 0.25) is 15.9 Å². The third-order valence-electron chi connectivity index (χ3n) is 3.40. The Morgan fingerprint density at radius 1 is 1.12 bits per heavy atom. The van der Waals surface area contributed by atoms with Crippen LogP contribution in [0.25, 0.3) is 0 Å². The van der Waals surface area contributed by atoms with Crippen LogP contribution in [0, 0.1) is 0 Å². The van der Waals surface area contributed by atoms with Crippen molar-refractivity contribution in [3.8, 4) is 0 Å². The van der Waals surface area contributed by atoms with Crippen LogP contribution in [0.2, 0.25) is 0 Å². The molecule has 0 saturated heterocycles. The van der Waals surface area contributed by atoms with Crippen molar-refractivity contribution in [2.75, 3.05) is 11.9 Å². The van der Waals surface area contributed by atoms with Crippen molar-refractivity contribution in [3.05, 3.63) is 29.8 Å². The number of rotatable bonds is 7. The molecule has 0 aliphatic heterocycles. The average Bonchev–Trinajstić information content (AvgIpc) is 2.45. The van der Waals surface area contributed by atoms with E-state index in [1.54, 1.807) is 20.8 Å². The highest BCUT2D eigenvalue weighted by Crippen LogP contribution is 2.30. The molecule has 0 fully saturated rings. The Labute approximate surface area is 146 Å². The van der Waals surface area contributed by atoms with E-state index in [1.807, 2.05) is 0 Å². The molecule has 0 atom stereocenters. The SMILES string of the molecule is CC(C)(C)S(=O)(=O)NCCCCC(=O)Nc1cccc(C(F)(F)F)c1. The van der Waals surface area contributed by atoms with Gasteiger partial charge in [0.1, 0.15) is 0 Å². The van der Waals surface area contributed by atoms with Gasteiger partial charge in [-0.1, -0.05) is 6.07 Å². The van der Waals surface area contributed by atoms with Gasteiger partial charge < -0.3 is 5.32 Å². The lowest BCUT2D eigenvalue weighted by Crippen LogP contribution is -2.39. The first-order chi connectivity index (χ1) is 11.3. The molecule has 1 amide bonds. The maximum atomic E-state index is 12.6. The Kier molecular flexibility index (Phi) is 7.01. The van der Waals surface area contributed by atoms with E-state index in [4.69, 9.17) is 0 Å². The Bertz CT molecular complexity index is 695. The fourth-order valence-electron chi connectivity index (χ4n) is 1.83. The van der Waals surface area contributed by atoms with Crippen LogP contribution in [0.15, 0.2) is 24.3 Å². The summed E-state index contributed by atoms with van der Waals surface area (Å²) in [5.41, 5.74) is -0.754. The summed E-state index contributed by atoms with van der Waals surface area (Å²) >= 11 is 0. The molecule has 0 spiro atoms. The average molecular weight is 380 g/mol. The molecule has 0 bridgehead atoms. The second-order valence-corrected chi connectivity index (χ2v) is 9.11. The normalized spacial score (nSPS) is 12.9. The van der Waals surface area contributed by atoms with Crippen LogP contribution in [-0.4, -0.2) is 25.6 Å². The number of alkyl halides is 3. The molecule has 25 heavy (non-hydrogen) atoms. The molecule has 142 valence electrons. The summed E-state index contributed by atoms with van der Waals surface area (Å²) in [5.74, 6) is -0.419. The fourth-order valence-corrected chi connectivity index (χ4v) is 2.68. The number of amides is 1. The molecule has 0 aliphatic rings. The Hall–Kier alpha value is -1.61. The van der Waals surface area contributed by atoms with Crippen molar-refractivity contribution < 1.29 is 26.4 Å². The number of hydrogen-bond acceptors (Lipinski definition) is 3. The van der Waals surface area contributed by atoms with E-state index in [2.05, 4.69) is 10.0 Å². The van der Waals surface area contributed by atoms with Crippen molar-refractivity contribution in [2.45, 2.75) is 51.0 Å². The summed E-state index contributed by atoms with van der Waals surface area (Å²) in [6.07, 6.45) is -3.51. The molecule has 0 radical (unpaired) electrons. The lowest BCUT2D eigenvalue weighted by molar-refractivity contribution is -0.137. The molecule has 0 heterocycles. The minimum Gasteiger partial charge on any atom is -0.326 e. The van der Waals surface area contributed by atoms with Crippen molar-refractivity contribution in [1.29, 1.82) is 0 Å². The van der Waals surface area contributed by atoms with E-state index in [-0.39, 0.29) is 18.7 Å². The number of carbonyl (C=O) groups is 1. The van der Waals surface area contributed by atoms with E-state index in [0.29, 0.717) is 12.8 Å². The van der Waals surface area contributed by atoms with Crippen molar-refractivity contribution >= 4 is 21.6 Å². The number of carbonyl (C=O) groups excluding carboxylic acids is 1. The van der Waals surface area contributed by atoms with Crippen LogP contribution in [0.1, 0.15) is 45.6 Å². The van der Waals surface area contributed by atoms with Gasteiger partial charge in [-0.05, 0) is 51.8 Å². The number of nitrogens with one attached hydrogen (secondary N) is 2. The molecule has 0 saturated carbocycles. The molecule has 0 aromatic heterocycles. The van der Waals surface area contributed by atoms with Crippen molar-refractivity contribution in [3.63, 3.8) is 0 Å². The van der Waals surface area contributed by atoms with Gasteiger partial charge in [0.05, 0.1) is 10.3 Å². The number of halogens is 3. The van der Waals surface area contributed by atoms with Gasteiger partial charge in [-0.3, -0.25) is 4.79 Å². The first kappa shape index (κ1) is 21.4. The minimum absolute atomic E-state index is 0.0771. The van der Waals surface area contributed by atoms with Crippen LogP contribution in [0.5, 0.6) is 0 Å². The molecule has 9 heteroatoms. The Morgan fingerprint density at radius 2 is 1.76 bits per heavy atom. The summed E-state index contributed by atoms with van der Waals surface area (Å²) < 4.78 is 63.0. The van der Waals surface area contributed by atoms with Crippen LogP contribution >= 0.6 is 0 Å². The van der Waals surface area contributed by atoms with Gasteiger partial charge in [0.15, 0.2) is 0 Å². The third-order valence-corrected chi connectivity index (χ3v) is 5.60. The van der Waals surface area contributed by atoms with Crippen LogP contribution < -0.4 is 10.0 Å². The molecular formula is C16H23F3N2O3S. The predicted octanol–water partition coefficient (Wildman–Crippen LogP) is 3.53. The number of sulfonamides is 1. The molecule has 0 aliphatic carbocycles. The Morgan fingerprint density at radius 3 is 2.32 bits per heavy atom. The van der Waals surface area contributed by atoms with Crippen LogP contribution in [-0.2, 0) is 21.0 Å².